The molecule has 0 spiro atoms. The van der Waals surface area contributed by atoms with E-state index in [1.165, 1.54) is 5.57 Å². The van der Waals surface area contributed by atoms with Gasteiger partial charge in [0.1, 0.15) is 6.61 Å². The summed E-state index contributed by atoms with van der Waals surface area (Å²) < 4.78 is 10.9. The monoisotopic (exact) mass is 431 g/mol. The van der Waals surface area contributed by atoms with Crippen molar-refractivity contribution in [2.45, 2.75) is 51.7 Å². The number of carbonyl (C=O) groups is 1. The molecule has 1 aliphatic heterocycles. The van der Waals surface area contributed by atoms with E-state index in [0.717, 1.165) is 19.3 Å². The van der Waals surface area contributed by atoms with Crippen molar-refractivity contribution in [3.63, 3.8) is 0 Å². The fraction of sp³-hybridized carbons (Fsp3) is 0.720. The van der Waals surface area contributed by atoms with Gasteiger partial charge in [-0.2, -0.15) is 0 Å². The molecule has 0 aromatic carbocycles. The highest BCUT2D eigenvalue weighted by Gasteiger charge is 2.45. The molecule has 2 aliphatic carbocycles. The lowest BCUT2D eigenvalue weighted by atomic mass is 9.89. The molecule has 0 radical (unpaired) electrons. The number of fused-ring (bicyclic) bond motifs is 1. The molecule has 3 rings (SSSR count). The second-order valence-electron chi connectivity index (χ2n) is 9.07. The molecule has 1 saturated heterocycles. The van der Waals surface area contributed by atoms with Crippen LogP contribution in [0.3, 0.4) is 0 Å². The van der Waals surface area contributed by atoms with Crippen molar-refractivity contribution >= 4 is 5.91 Å². The molecule has 172 valence electrons. The van der Waals surface area contributed by atoms with E-state index in [-0.39, 0.29) is 30.5 Å². The van der Waals surface area contributed by atoms with Crippen LogP contribution in [0.5, 0.6) is 0 Å². The molecule has 0 aromatic heterocycles. The lowest BCUT2D eigenvalue weighted by molar-refractivity contribution is -0.139. The third-order valence-electron chi connectivity index (χ3n) is 6.90. The summed E-state index contributed by atoms with van der Waals surface area (Å²) in [7, 11) is 0. The largest absolute Gasteiger partial charge is 0.392 e. The predicted molar refractivity (Wildman–Crippen MR) is 119 cm³/mol. The summed E-state index contributed by atoms with van der Waals surface area (Å²) in [6.45, 7) is 6.84. The Morgan fingerprint density at radius 1 is 1.35 bits per heavy atom. The van der Waals surface area contributed by atoms with E-state index in [9.17, 15) is 15.0 Å². The van der Waals surface area contributed by atoms with Crippen LogP contribution in [-0.4, -0.2) is 72.7 Å². The molecule has 2 saturated carbocycles. The Hall–Kier alpha value is -1.65. The van der Waals surface area contributed by atoms with Gasteiger partial charge >= 0.3 is 0 Å². The van der Waals surface area contributed by atoms with Gasteiger partial charge in [0.05, 0.1) is 32.0 Å². The first-order chi connectivity index (χ1) is 15.0. The lowest BCUT2D eigenvalue weighted by Gasteiger charge is -2.26. The standard InChI is InChI=1S/C25H37NO5/c1-3-4-5-18(2)23(27)7-6-21-22-15-19(14-20(22)16-24(21)28)8-11-31-17-25(29)26-9-12-30-13-10-26/h6-8,18,20-24,27-28H,5,9-17H2,1-2H3/b7-6+,19-8?/t18-,20+,21-,22+,23+,24-/m1/s1. The van der Waals surface area contributed by atoms with Gasteiger partial charge in [-0.1, -0.05) is 30.7 Å². The van der Waals surface area contributed by atoms with E-state index in [4.69, 9.17) is 9.47 Å². The van der Waals surface area contributed by atoms with E-state index in [1.807, 2.05) is 26.0 Å². The van der Waals surface area contributed by atoms with Crippen LogP contribution in [-0.2, 0) is 14.3 Å². The van der Waals surface area contributed by atoms with Crippen molar-refractivity contribution in [3.05, 3.63) is 23.8 Å². The summed E-state index contributed by atoms with van der Waals surface area (Å²) in [5.74, 6) is 6.96. The Morgan fingerprint density at radius 2 is 2.13 bits per heavy atom. The number of carbonyl (C=O) groups excluding carboxylic acids is 1. The highest BCUT2D eigenvalue weighted by Crippen LogP contribution is 2.50. The second kappa shape index (κ2) is 11.8. The molecule has 2 N–H and O–H groups in total. The zero-order chi connectivity index (χ0) is 22.2. The van der Waals surface area contributed by atoms with E-state index in [0.29, 0.717) is 51.2 Å². The summed E-state index contributed by atoms with van der Waals surface area (Å²) in [6.07, 6.45) is 8.51. The number of hydrogen-bond donors (Lipinski definition) is 2. The van der Waals surface area contributed by atoms with E-state index >= 15 is 0 Å². The first-order valence-corrected chi connectivity index (χ1v) is 11.5. The smallest absolute Gasteiger partial charge is 0.248 e. The molecule has 6 heteroatoms. The van der Waals surface area contributed by atoms with Gasteiger partial charge in [-0.05, 0) is 43.9 Å². The van der Waals surface area contributed by atoms with Crippen LogP contribution in [0.4, 0.5) is 0 Å². The zero-order valence-corrected chi connectivity index (χ0v) is 18.8. The van der Waals surface area contributed by atoms with Crippen LogP contribution in [0.25, 0.3) is 0 Å². The summed E-state index contributed by atoms with van der Waals surface area (Å²) in [6, 6.07) is 0. The summed E-state index contributed by atoms with van der Waals surface area (Å²) in [5, 5.41) is 20.9. The van der Waals surface area contributed by atoms with Crippen molar-refractivity contribution < 1.29 is 24.5 Å². The quantitative estimate of drug-likeness (QED) is 0.350. The maximum atomic E-state index is 12.1. The predicted octanol–water partition coefficient (Wildman–Crippen LogP) is 2.16. The molecule has 6 atom stereocenters. The summed E-state index contributed by atoms with van der Waals surface area (Å²) in [5.41, 5.74) is 1.35. The van der Waals surface area contributed by atoms with Gasteiger partial charge in [0, 0.05) is 25.4 Å². The Bertz CT molecular complexity index is 715. The molecule has 1 heterocycles. The molecule has 3 fully saturated rings. The van der Waals surface area contributed by atoms with Crippen LogP contribution in [0.1, 0.15) is 39.5 Å². The Balaban J connectivity index is 1.45. The topological polar surface area (TPSA) is 79.2 Å². The highest BCUT2D eigenvalue weighted by molar-refractivity contribution is 5.77. The fourth-order valence-electron chi connectivity index (χ4n) is 4.98. The molecule has 3 aliphatic rings. The maximum absolute atomic E-state index is 12.1. The first kappa shape index (κ1) is 24.0. The van der Waals surface area contributed by atoms with Crippen LogP contribution in [0.15, 0.2) is 23.8 Å². The molecule has 0 aromatic rings. The average molecular weight is 432 g/mol. The average Bonchev–Trinajstić information content (AvgIpc) is 3.30. The van der Waals surface area contributed by atoms with E-state index < -0.39 is 6.10 Å². The van der Waals surface area contributed by atoms with E-state index in [2.05, 4.69) is 17.9 Å². The van der Waals surface area contributed by atoms with E-state index in [1.54, 1.807) is 4.90 Å². The highest BCUT2D eigenvalue weighted by atomic mass is 16.5. The number of aliphatic hydroxyl groups is 2. The zero-order valence-electron chi connectivity index (χ0n) is 18.8. The lowest BCUT2D eigenvalue weighted by Crippen LogP contribution is -2.42. The van der Waals surface area contributed by atoms with Crippen molar-refractivity contribution in [3.8, 4) is 11.8 Å². The van der Waals surface area contributed by atoms with Crippen molar-refractivity contribution in [2.24, 2.45) is 23.7 Å². The molecular weight excluding hydrogens is 394 g/mol. The summed E-state index contributed by atoms with van der Waals surface area (Å²) in [4.78, 5) is 13.9. The van der Waals surface area contributed by atoms with Gasteiger partial charge in [0.2, 0.25) is 5.91 Å². The minimum absolute atomic E-state index is 0.0241. The van der Waals surface area contributed by atoms with Gasteiger partial charge in [-0.3, -0.25) is 4.79 Å². The van der Waals surface area contributed by atoms with Crippen LogP contribution >= 0.6 is 0 Å². The minimum atomic E-state index is -0.541. The van der Waals surface area contributed by atoms with Gasteiger partial charge in [0.25, 0.3) is 0 Å². The number of aliphatic hydroxyl groups excluding tert-OH is 2. The number of amides is 1. The van der Waals surface area contributed by atoms with Gasteiger partial charge < -0.3 is 24.6 Å². The Morgan fingerprint density at radius 3 is 2.87 bits per heavy atom. The molecule has 6 nitrogen and oxygen atoms in total. The maximum Gasteiger partial charge on any atom is 0.248 e. The van der Waals surface area contributed by atoms with Crippen LogP contribution in [0, 0.1) is 35.5 Å². The molecule has 31 heavy (non-hydrogen) atoms. The van der Waals surface area contributed by atoms with Crippen LogP contribution < -0.4 is 0 Å². The number of morpholine rings is 1. The van der Waals surface area contributed by atoms with Gasteiger partial charge in [0.15, 0.2) is 0 Å². The van der Waals surface area contributed by atoms with Crippen molar-refractivity contribution in [1.82, 2.24) is 4.90 Å². The fourth-order valence-corrected chi connectivity index (χ4v) is 4.98. The van der Waals surface area contributed by atoms with Crippen molar-refractivity contribution in [2.75, 3.05) is 39.5 Å². The van der Waals surface area contributed by atoms with Crippen molar-refractivity contribution in [1.29, 1.82) is 0 Å². The number of allylic oxidation sites excluding steroid dienone is 1. The third-order valence-corrected chi connectivity index (χ3v) is 6.90. The molecule has 1 amide bonds. The summed E-state index contributed by atoms with van der Waals surface area (Å²) >= 11 is 0. The molecular formula is C25H37NO5. The minimum Gasteiger partial charge on any atom is -0.392 e. The number of rotatable bonds is 8. The molecule has 0 bridgehead atoms. The normalized spacial score (nSPS) is 31.5. The first-order valence-electron chi connectivity index (χ1n) is 11.5. The Labute approximate surface area is 186 Å². The van der Waals surface area contributed by atoms with Gasteiger partial charge in [-0.15, -0.1) is 11.8 Å². The third kappa shape index (κ3) is 6.66. The van der Waals surface area contributed by atoms with Gasteiger partial charge in [-0.25, -0.2) is 0 Å². The number of hydrogen-bond acceptors (Lipinski definition) is 5. The molecule has 0 unspecified atom stereocenters. The SMILES string of the molecule is CC#CC[C@@H](C)[C@@H](O)/C=C/[C@@H]1[C@H]2CC(=CCOCC(=O)N3CCOCC3)C[C@H]2C[C@H]1O. The number of nitrogens with zero attached hydrogens (tertiary/aromatic N) is 1. The number of ether oxygens (including phenoxy) is 2. The van der Waals surface area contributed by atoms with Crippen LogP contribution in [0.2, 0.25) is 0 Å². The second-order valence-corrected chi connectivity index (χ2v) is 9.07. The Kier molecular flexibility index (Phi) is 9.15.